The third-order valence-electron chi connectivity index (χ3n) is 1.30. The van der Waals surface area contributed by atoms with E-state index in [1.165, 1.54) is 10.9 Å². The summed E-state index contributed by atoms with van der Waals surface area (Å²) in [5, 5.41) is 1.32. The van der Waals surface area contributed by atoms with Gasteiger partial charge in [0.1, 0.15) is 0 Å². The van der Waals surface area contributed by atoms with E-state index in [-0.39, 0.29) is 30.9 Å². The van der Waals surface area contributed by atoms with Crippen LogP contribution in [0.25, 0.3) is 0 Å². The molecule has 62 valence electrons. The monoisotopic (exact) mass is 280 g/mol. The summed E-state index contributed by atoms with van der Waals surface area (Å²) in [4.78, 5) is 0. The summed E-state index contributed by atoms with van der Waals surface area (Å²) in [6.07, 6.45) is 0. The van der Waals surface area contributed by atoms with E-state index in [1.807, 2.05) is 0 Å². The summed E-state index contributed by atoms with van der Waals surface area (Å²) in [5.74, 6) is 4.74. The molecule has 0 N–H and O–H groups in total. The maximum Gasteiger partial charge on any atom is -1.00 e. The Morgan fingerprint density at radius 3 is 2.09 bits per heavy atom. The van der Waals surface area contributed by atoms with Gasteiger partial charge in [0.15, 0.2) is 0 Å². The predicted octanol–water partition coefficient (Wildman–Crippen LogP) is -0.473. The molecule has 0 saturated heterocycles. The molecule has 11 heavy (non-hydrogen) atoms. The summed E-state index contributed by atoms with van der Waals surface area (Å²) in [7, 11) is 0. The van der Waals surface area contributed by atoms with Gasteiger partial charge in [0, 0.05) is 0 Å². The van der Waals surface area contributed by atoms with Gasteiger partial charge in [0.2, 0.25) is 0 Å². The molecule has 1 rings (SSSR count). The SMILES string of the molecule is C[Se+](C)Cc1ccccc1.[Br-]. The van der Waals surface area contributed by atoms with Crippen LogP contribution in [-0.2, 0) is 5.32 Å². The van der Waals surface area contributed by atoms with Gasteiger partial charge in [0.05, 0.1) is 0 Å². The number of hydrogen-bond acceptors (Lipinski definition) is 0. The van der Waals surface area contributed by atoms with Crippen LogP contribution in [0.15, 0.2) is 30.3 Å². The van der Waals surface area contributed by atoms with Crippen molar-refractivity contribution < 1.29 is 17.0 Å². The Kier molecular flexibility index (Phi) is 5.93. The quantitative estimate of drug-likeness (QED) is 0.642. The summed E-state index contributed by atoms with van der Waals surface area (Å²) in [5.41, 5.74) is 1.50. The maximum absolute atomic E-state index is 2.37. The smallest absolute Gasteiger partial charge is 1.00 e. The van der Waals surface area contributed by atoms with Crippen molar-refractivity contribution in [2.45, 2.75) is 17.0 Å². The topological polar surface area (TPSA) is 0 Å². The second-order valence-corrected chi connectivity index (χ2v) is 7.36. The molecule has 1 aromatic carbocycles. The van der Waals surface area contributed by atoms with E-state index in [0.717, 1.165) is 0 Å². The van der Waals surface area contributed by atoms with E-state index in [9.17, 15) is 0 Å². The van der Waals surface area contributed by atoms with Crippen LogP contribution < -0.4 is 17.0 Å². The molecule has 2 heteroatoms. The number of hydrogen-bond donors (Lipinski definition) is 0. The zero-order valence-electron chi connectivity index (χ0n) is 6.88. The summed E-state index contributed by atoms with van der Waals surface area (Å²) in [6, 6.07) is 10.7. The van der Waals surface area contributed by atoms with E-state index in [1.54, 1.807) is 0 Å². The van der Waals surface area contributed by atoms with Crippen molar-refractivity contribution in [2.75, 3.05) is 0 Å². The van der Waals surface area contributed by atoms with Gasteiger partial charge in [-0.1, -0.05) is 0 Å². The van der Waals surface area contributed by atoms with Crippen molar-refractivity contribution in [3.05, 3.63) is 35.9 Å². The predicted molar refractivity (Wildman–Crippen MR) is 47.6 cm³/mol. The molecular weight excluding hydrogens is 267 g/mol. The molecule has 0 aromatic heterocycles. The largest absolute Gasteiger partial charge is 1.00 e. The summed E-state index contributed by atoms with van der Waals surface area (Å²) < 4.78 is 0. The summed E-state index contributed by atoms with van der Waals surface area (Å²) >= 11 is -0.281. The van der Waals surface area contributed by atoms with Crippen LogP contribution in [0.3, 0.4) is 0 Å². The van der Waals surface area contributed by atoms with Crippen molar-refractivity contribution in [1.29, 1.82) is 0 Å². The minimum Gasteiger partial charge on any atom is -1.00 e. The number of halogens is 1. The van der Waals surface area contributed by atoms with Crippen LogP contribution >= 0.6 is 0 Å². The van der Waals surface area contributed by atoms with Crippen LogP contribution in [0.5, 0.6) is 0 Å². The standard InChI is InChI=1S/C9H13Se.BrH/c1-10(2)8-9-6-4-3-5-7-9;/h3-7H,8H2,1-2H3;1H/q+1;/p-1. The minimum atomic E-state index is -0.281. The Labute approximate surface area is 83.7 Å². The number of rotatable bonds is 2. The first-order valence-electron chi connectivity index (χ1n) is 3.37. The van der Waals surface area contributed by atoms with Gasteiger partial charge in [-0.3, -0.25) is 0 Å². The number of benzene rings is 1. The zero-order chi connectivity index (χ0) is 7.40. The van der Waals surface area contributed by atoms with Crippen molar-refractivity contribution in [3.63, 3.8) is 0 Å². The molecule has 0 nitrogen and oxygen atoms in total. The zero-order valence-corrected chi connectivity index (χ0v) is 10.2. The molecule has 0 radical (unpaired) electrons. The molecule has 0 fully saturated rings. The Balaban J connectivity index is 0.000001000. The average Bonchev–Trinajstić information content (AvgIpc) is 1.88. The fourth-order valence-electron chi connectivity index (χ4n) is 0.908. The summed E-state index contributed by atoms with van der Waals surface area (Å²) in [6.45, 7) is 0. The van der Waals surface area contributed by atoms with E-state index in [4.69, 9.17) is 0 Å². The third-order valence-corrected chi connectivity index (χ3v) is 3.21. The second-order valence-electron chi connectivity index (χ2n) is 2.62. The molecular formula is C9H13BrSe. The molecule has 0 atom stereocenters. The van der Waals surface area contributed by atoms with Crippen LogP contribution in [-0.4, -0.2) is 13.9 Å². The van der Waals surface area contributed by atoms with Gasteiger partial charge >= 0.3 is 66.8 Å². The maximum atomic E-state index is 2.37. The van der Waals surface area contributed by atoms with Gasteiger partial charge in [-0.25, -0.2) is 0 Å². The first-order valence-corrected chi connectivity index (χ1v) is 8.01. The van der Waals surface area contributed by atoms with Crippen LogP contribution in [0.1, 0.15) is 5.56 Å². The van der Waals surface area contributed by atoms with Crippen LogP contribution in [0.4, 0.5) is 0 Å². The van der Waals surface area contributed by atoms with Gasteiger partial charge < -0.3 is 17.0 Å². The van der Waals surface area contributed by atoms with E-state index in [2.05, 4.69) is 42.0 Å². The van der Waals surface area contributed by atoms with Crippen molar-refractivity contribution in [1.82, 2.24) is 0 Å². The van der Waals surface area contributed by atoms with Gasteiger partial charge in [0.25, 0.3) is 0 Å². The molecule has 0 bridgehead atoms. The molecule has 0 unspecified atom stereocenters. The molecule has 0 saturated carbocycles. The Morgan fingerprint density at radius 2 is 1.64 bits per heavy atom. The van der Waals surface area contributed by atoms with Gasteiger partial charge in [-0.05, 0) is 0 Å². The first kappa shape index (κ1) is 11.2. The average molecular weight is 280 g/mol. The van der Waals surface area contributed by atoms with Crippen molar-refractivity contribution >= 4 is 13.9 Å². The normalized spacial score (nSPS) is 9.36. The Bertz CT molecular complexity index is 184. The van der Waals surface area contributed by atoms with Crippen molar-refractivity contribution in [2.24, 2.45) is 0 Å². The van der Waals surface area contributed by atoms with Crippen LogP contribution in [0.2, 0.25) is 11.6 Å². The Morgan fingerprint density at radius 1 is 1.09 bits per heavy atom. The Hall–Kier alpha value is 0.219. The van der Waals surface area contributed by atoms with Gasteiger partial charge in [-0.15, -0.1) is 0 Å². The van der Waals surface area contributed by atoms with E-state index < -0.39 is 0 Å². The third kappa shape index (κ3) is 4.62. The van der Waals surface area contributed by atoms with Crippen molar-refractivity contribution in [3.8, 4) is 0 Å². The molecule has 1 aromatic rings. The molecule has 0 spiro atoms. The fraction of sp³-hybridized carbons (Fsp3) is 0.333. The first-order chi connectivity index (χ1) is 4.79. The molecule has 0 aliphatic rings. The minimum absolute atomic E-state index is 0. The second kappa shape index (κ2) is 5.82. The van der Waals surface area contributed by atoms with Crippen LogP contribution in [0, 0.1) is 0 Å². The van der Waals surface area contributed by atoms with E-state index in [0.29, 0.717) is 0 Å². The fourth-order valence-corrected chi connectivity index (χ4v) is 2.71. The van der Waals surface area contributed by atoms with E-state index >= 15 is 0 Å². The molecule has 0 amide bonds. The molecule has 0 heterocycles. The molecule has 0 aliphatic heterocycles. The molecule has 0 aliphatic carbocycles. The van der Waals surface area contributed by atoms with Gasteiger partial charge in [-0.2, -0.15) is 0 Å².